The summed E-state index contributed by atoms with van der Waals surface area (Å²) < 4.78 is 18.7. The maximum Gasteiger partial charge on any atom is 0.261 e. The van der Waals surface area contributed by atoms with Gasteiger partial charge >= 0.3 is 0 Å². The van der Waals surface area contributed by atoms with Gasteiger partial charge in [0.2, 0.25) is 0 Å². The van der Waals surface area contributed by atoms with Gasteiger partial charge in [-0.2, -0.15) is 0 Å². The van der Waals surface area contributed by atoms with Crippen LogP contribution in [0, 0.1) is 0 Å². The highest BCUT2D eigenvalue weighted by atomic mass is 28.4. The summed E-state index contributed by atoms with van der Waals surface area (Å²) >= 11 is 0. The third kappa shape index (κ3) is 4.65. The molecule has 0 spiro atoms. The van der Waals surface area contributed by atoms with Gasteiger partial charge in [0.15, 0.2) is 5.79 Å². The van der Waals surface area contributed by atoms with E-state index < -0.39 is 14.1 Å². The zero-order chi connectivity index (χ0) is 21.1. The Kier molecular flexibility index (Phi) is 6.66. The lowest BCUT2D eigenvalue weighted by Gasteiger charge is -2.43. The summed E-state index contributed by atoms with van der Waals surface area (Å²) in [6, 6.07) is 21.2. The predicted molar refractivity (Wildman–Crippen MR) is 119 cm³/mol. The van der Waals surface area contributed by atoms with Crippen molar-refractivity contribution in [1.82, 2.24) is 0 Å². The maximum absolute atomic E-state index is 9.68. The second-order valence-corrected chi connectivity index (χ2v) is 13.5. The molecule has 1 fully saturated rings. The monoisotopic (exact) mass is 414 g/mol. The minimum atomic E-state index is -2.55. The van der Waals surface area contributed by atoms with Crippen LogP contribution in [-0.4, -0.2) is 44.6 Å². The smallest absolute Gasteiger partial charge is 0.261 e. The van der Waals surface area contributed by atoms with Crippen LogP contribution in [0.5, 0.6) is 0 Å². The highest BCUT2D eigenvalue weighted by molar-refractivity contribution is 6.99. The third-order valence-electron chi connectivity index (χ3n) is 5.60. The van der Waals surface area contributed by atoms with Crippen LogP contribution in [0.4, 0.5) is 0 Å². The molecule has 0 saturated carbocycles. The summed E-state index contributed by atoms with van der Waals surface area (Å²) in [7, 11) is -2.55. The molecule has 158 valence electrons. The molecule has 5 heteroatoms. The Hall–Kier alpha value is -1.50. The zero-order valence-corrected chi connectivity index (χ0v) is 19.2. The Morgan fingerprint density at radius 3 is 1.83 bits per heavy atom. The first-order valence-electron chi connectivity index (χ1n) is 10.4. The van der Waals surface area contributed by atoms with Crippen molar-refractivity contribution in [3.05, 3.63) is 60.7 Å². The second kappa shape index (κ2) is 8.70. The van der Waals surface area contributed by atoms with Gasteiger partial charge in [-0.05, 0) is 35.7 Å². The molecule has 0 bridgehead atoms. The average molecular weight is 415 g/mol. The minimum Gasteiger partial charge on any atom is -0.407 e. The van der Waals surface area contributed by atoms with E-state index in [9.17, 15) is 5.11 Å². The minimum absolute atomic E-state index is 0.0483. The van der Waals surface area contributed by atoms with Crippen LogP contribution in [0.25, 0.3) is 0 Å². The van der Waals surface area contributed by atoms with Crippen LogP contribution in [0.3, 0.4) is 0 Å². The Balaban J connectivity index is 1.90. The van der Waals surface area contributed by atoms with Gasteiger partial charge in [-0.25, -0.2) is 0 Å². The highest BCUT2D eigenvalue weighted by Gasteiger charge is 2.50. The van der Waals surface area contributed by atoms with E-state index in [4.69, 9.17) is 13.9 Å². The average Bonchev–Trinajstić information content (AvgIpc) is 2.99. The van der Waals surface area contributed by atoms with Crippen LogP contribution in [-0.2, 0) is 13.9 Å². The van der Waals surface area contributed by atoms with E-state index in [-0.39, 0.29) is 23.9 Å². The van der Waals surface area contributed by atoms with Gasteiger partial charge < -0.3 is 19.0 Å². The van der Waals surface area contributed by atoms with Crippen molar-refractivity contribution in [2.75, 3.05) is 13.2 Å². The lowest BCUT2D eigenvalue weighted by molar-refractivity contribution is -0.149. The quantitative estimate of drug-likeness (QED) is 0.705. The summed E-state index contributed by atoms with van der Waals surface area (Å²) in [5.41, 5.74) is 0. The van der Waals surface area contributed by atoms with Crippen molar-refractivity contribution in [1.29, 1.82) is 0 Å². The summed E-state index contributed by atoms with van der Waals surface area (Å²) in [5.74, 6) is -0.671. The summed E-state index contributed by atoms with van der Waals surface area (Å²) in [6.45, 7) is 11.1. The molecule has 1 N–H and O–H groups in total. The van der Waals surface area contributed by atoms with Gasteiger partial charge in [0, 0.05) is 6.61 Å². The lowest BCUT2D eigenvalue weighted by Crippen LogP contribution is -2.66. The van der Waals surface area contributed by atoms with Crippen molar-refractivity contribution in [2.24, 2.45) is 0 Å². The van der Waals surface area contributed by atoms with Crippen molar-refractivity contribution in [3.63, 3.8) is 0 Å². The molecule has 2 aromatic carbocycles. The molecule has 1 unspecified atom stereocenters. The SMILES string of the molecule is CC1(C)OC(CO)[C@H](CCO[Si](c2ccccc2)(c2ccccc2)C(C)(C)C)O1. The zero-order valence-electron chi connectivity index (χ0n) is 18.2. The van der Waals surface area contributed by atoms with E-state index in [2.05, 4.69) is 69.3 Å². The van der Waals surface area contributed by atoms with Crippen molar-refractivity contribution in [2.45, 2.75) is 64.1 Å². The molecule has 2 aromatic rings. The Morgan fingerprint density at radius 1 is 0.897 bits per heavy atom. The number of aliphatic hydroxyl groups excluding tert-OH is 1. The van der Waals surface area contributed by atoms with Gasteiger partial charge in [0.05, 0.1) is 12.7 Å². The number of benzene rings is 2. The Bertz CT molecular complexity index is 731. The van der Waals surface area contributed by atoms with Crippen LogP contribution >= 0.6 is 0 Å². The summed E-state index contributed by atoms with van der Waals surface area (Å²) in [6.07, 6.45) is 0.195. The van der Waals surface area contributed by atoms with Crippen molar-refractivity contribution < 1.29 is 19.0 Å². The molecule has 1 heterocycles. The van der Waals surface area contributed by atoms with E-state index >= 15 is 0 Å². The molecular formula is C24H34O4Si. The molecular weight excluding hydrogens is 380 g/mol. The van der Waals surface area contributed by atoms with Crippen LogP contribution in [0.1, 0.15) is 41.0 Å². The molecule has 4 nitrogen and oxygen atoms in total. The fourth-order valence-electron chi connectivity index (χ4n) is 4.40. The molecule has 3 rings (SSSR count). The van der Waals surface area contributed by atoms with Gasteiger partial charge in [-0.15, -0.1) is 0 Å². The highest BCUT2D eigenvalue weighted by Crippen LogP contribution is 2.37. The first-order chi connectivity index (χ1) is 13.7. The molecule has 1 aliphatic rings. The molecule has 29 heavy (non-hydrogen) atoms. The van der Waals surface area contributed by atoms with Gasteiger partial charge in [-0.3, -0.25) is 0 Å². The van der Waals surface area contributed by atoms with E-state index in [1.54, 1.807) is 0 Å². The third-order valence-corrected chi connectivity index (χ3v) is 10.6. The maximum atomic E-state index is 9.68. The van der Waals surface area contributed by atoms with E-state index in [0.29, 0.717) is 13.0 Å². The number of hydrogen-bond acceptors (Lipinski definition) is 4. The number of rotatable bonds is 7. The van der Waals surface area contributed by atoms with Gasteiger partial charge in [0.1, 0.15) is 6.10 Å². The molecule has 2 atom stereocenters. The van der Waals surface area contributed by atoms with Gasteiger partial charge in [-0.1, -0.05) is 81.4 Å². The summed E-state index contributed by atoms with van der Waals surface area (Å²) in [4.78, 5) is 0. The lowest BCUT2D eigenvalue weighted by atomic mass is 10.1. The predicted octanol–water partition coefficient (Wildman–Crippen LogP) is 3.47. The van der Waals surface area contributed by atoms with Crippen molar-refractivity contribution >= 4 is 18.7 Å². The topological polar surface area (TPSA) is 47.9 Å². The standard InChI is InChI=1S/C24H34O4Si/c1-23(2,3)29(19-12-8-6-9-13-19,20-14-10-7-11-15-20)26-17-16-21-22(18-25)28-24(4,5)27-21/h6-15,21-22,25H,16-18H2,1-5H3/t21-,22?/m0/s1. The fraction of sp³-hybridized carbons (Fsp3) is 0.500. The van der Waals surface area contributed by atoms with E-state index in [0.717, 1.165) is 0 Å². The van der Waals surface area contributed by atoms with Crippen LogP contribution in [0.2, 0.25) is 5.04 Å². The number of ether oxygens (including phenoxy) is 2. The molecule has 1 saturated heterocycles. The Morgan fingerprint density at radius 2 is 1.38 bits per heavy atom. The van der Waals surface area contributed by atoms with E-state index in [1.807, 2.05) is 26.0 Å². The van der Waals surface area contributed by atoms with Crippen LogP contribution in [0.15, 0.2) is 60.7 Å². The Labute approximate surface area is 176 Å². The molecule has 0 aromatic heterocycles. The largest absolute Gasteiger partial charge is 0.407 e. The number of aliphatic hydroxyl groups is 1. The number of hydrogen-bond donors (Lipinski definition) is 1. The second-order valence-electron chi connectivity index (χ2n) is 9.20. The van der Waals surface area contributed by atoms with E-state index in [1.165, 1.54) is 10.4 Å². The van der Waals surface area contributed by atoms with Gasteiger partial charge in [0.25, 0.3) is 8.32 Å². The molecule has 0 aliphatic carbocycles. The summed E-state index contributed by atoms with van der Waals surface area (Å²) in [5, 5.41) is 12.1. The normalized spacial score (nSPS) is 22.0. The molecule has 0 amide bonds. The first kappa shape index (κ1) is 22.2. The molecule has 1 aliphatic heterocycles. The van der Waals surface area contributed by atoms with Crippen molar-refractivity contribution in [3.8, 4) is 0 Å². The molecule has 0 radical (unpaired) electrons. The van der Waals surface area contributed by atoms with Crippen LogP contribution < -0.4 is 10.4 Å². The fourth-order valence-corrected chi connectivity index (χ4v) is 8.98. The first-order valence-corrected chi connectivity index (χ1v) is 12.3.